The van der Waals surface area contributed by atoms with Gasteiger partial charge in [0.15, 0.2) is 11.5 Å². The number of ether oxygens (including phenoxy) is 2. The lowest BCUT2D eigenvalue weighted by atomic mass is 10.1. The molecule has 0 bridgehead atoms. The number of hydrogen-bond donors (Lipinski definition) is 2. The first-order valence-electron chi connectivity index (χ1n) is 9.89. The molecule has 0 spiro atoms. The average Bonchev–Trinajstić information content (AvgIpc) is 3.19. The molecule has 0 aliphatic heterocycles. The molecule has 158 valence electrons. The van der Waals surface area contributed by atoms with E-state index in [0.717, 1.165) is 29.7 Å². The number of carbonyl (C=O) groups is 2. The SMILES string of the molecule is CCCCCOc1ccc(C(C)NC(=O)c2ccc(CNC(C)=O)s2)cc1OC. The summed E-state index contributed by atoms with van der Waals surface area (Å²) in [5.74, 6) is 1.14. The molecule has 2 aromatic rings. The van der Waals surface area contributed by atoms with E-state index < -0.39 is 0 Å². The van der Waals surface area contributed by atoms with Gasteiger partial charge in [-0.1, -0.05) is 25.8 Å². The van der Waals surface area contributed by atoms with E-state index in [1.54, 1.807) is 13.2 Å². The minimum Gasteiger partial charge on any atom is -0.493 e. The van der Waals surface area contributed by atoms with E-state index >= 15 is 0 Å². The van der Waals surface area contributed by atoms with E-state index in [1.807, 2.05) is 31.2 Å². The number of carbonyl (C=O) groups excluding carboxylic acids is 2. The maximum absolute atomic E-state index is 12.6. The van der Waals surface area contributed by atoms with Crippen molar-refractivity contribution in [1.29, 1.82) is 0 Å². The van der Waals surface area contributed by atoms with Crippen LogP contribution in [0.2, 0.25) is 0 Å². The maximum atomic E-state index is 12.6. The van der Waals surface area contributed by atoms with Crippen LogP contribution in [0.4, 0.5) is 0 Å². The highest BCUT2D eigenvalue weighted by Crippen LogP contribution is 2.30. The highest BCUT2D eigenvalue weighted by Gasteiger charge is 2.16. The molecule has 2 rings (SSSR count). The first-order valence-corrected chi connectivity index (χ1v) is 10.7. The quantitative estimate of drug-likeness (QED) is 0.529. The van der Waals surface area contributed by atoms with Crippen LogP contribution in [0.25, 0.3) is 0 Å². The van der Waals surface area contributed by atoms with Crippen LogP contribution in [0.1, 0.15) is 66.2 Å². The van der Waals surface area contributed by atoms with Crippen molar-refractivity contribution in [1.82, 2.24) is 10.6 Å². The lowest BCUT2D eigenvalue weighted by Gasteiger charge is -2.17. The lowest BCUT2D eigenvalue weighted by molar-refractivity contribution is -0.119. The number of nitrogens with one attached hydrogen (secondary N) is 2. The Bertz CT molecular complexity index is 819. The normalized spacial score (nSPS) is 11.6. The van der Waals surface area contributed by atoms with Crippen LogP contribution in [0.5, 0.6) is 11.5 Å². The molecule has 0 radical (unpaired) electrons. The molecule has 0 aliphatic carbocycles. The fourth-order valence-corrected chi connectivity index (χ4v) is 3.62. The van der Waals surface area contributed by atoms with E-state index in [9.17, 15) is 9.59 Å². The third-order valence-corrected chi connectivity index (χ3v) is 5.52. The van der Waals surface area contributed by atoms with Crippen molar-refractivity contribution >= 4 is 23.2 Å². The largest absolute Gasteiger partial charge is 0.493 e. The summed E-state index contributed by atoms with van der Waals surface area (Å²) in [6, 6.07) is 9.17. The van der Waals surface area contributed by atoms with Crippen molar-refractivity contribution in [2.24, 2.45) is 0 Å². The summed E-state index contributed by atoms with van der Waals surface area (Å²) in [6.07, 6.45) is 3.30. The third-order valence-electron chi connectivity index (χ3n) is 4.44. The molecule has 1 unspecified atom stereocenters. The molecule has 0 saturated heterocycles. The minimum absolute atomic E-state index is 0.0928. The topological polar surface area (TPSA) is 76.7 Å². The fraction of sp³-hybridized carbons (Fsp3) is 0.455. The molecule has 7 heteroatoms. The Labute approximate surface area is 176 Å². The van der Waals surface area contributed by atoms with Gasteiger partial charge >= 0.3 is 0 Å². The molecule has 6 nitrogen and oxygen atoms in total. The van der Waals surface area contributed by atoms with Gasteiger partial charge in [0.2, 0.25) is 5.91 Å². The van der Waals surface area contributed by atoms with Crippen molar-refractivity contribution in [2.45, 2.75) is 52.6 Å². The second-order valence-corrected chi connectivity index (χ2v) is 8.01. The zero-order valence-corrected chi connectivity index (χ0v) is 18.4. The van der Waals surface area contributed by atoms with Crippen LogP contribution in [0, 0.1) is 0 Å². The summed E-state index contributed by atoms with van der Waals surface area (Å²) in [5.41, 5.74) is 0.936. The molecule has 0 aliphatic rings. The van der Waals surface area contributed by atoms with E-state index in [0.29, 0.717) is 29.5 Å². The predicted molar refractivity (Wildman–Crippen MR) is 116 cm³/mol. The molecule has 2 amide bonds. The average molecular weight is 419 g/mol. The van der Waals surface area contributed by atoms with Gasteiger partial charge in [-0.05, 0) is 43.2 Å². The molecule has 1 aromatic carbocycles. The fourth-order valence-electron chi connectivity index (χ4n) is 2.76. The molecular weight excluding hydrogens is 388 g/mol. The van der Waals surface area contributed by atoms with Gasteiger partial charge in [-0.25, -0.2) is 0 Å². The Kier molecular flexibility index (Phi) is 8.99. The number of methoxy groups -OCH3 is 1. The van der Waals surface area contributed by atoms with Gasteiger partial charge in [0, 0.05) is 11.8 Å². The molecule has 0 saturated carbocycles. The predicted octanol–water partition coefficient (Wildman–Crippen LogP) is 4.45. The summed E-state index contributed by atoms with van der Waals surface area (Å²) in [7, 11) is 1.61. The molecule has 1 aromatic heterocycles. The van der Waals surface area contributed by atoms with Crippen LogP contribution < -0.4 is 20.1 Å². The molecule has 1 atom stereocenters. The second-order valence-electron chi connectivity index (χ2n) is 6.84. The first kappa shape index (κ1) is 22.7. The van der Waals surface area contributed by atoms with Gasteiger partial charge < -0.3 is 20.1 Å². The van der Waals surface area contributed by atoms with E-state index in [2.05, 4.69) is 17.6 Å². The minimum atomic E-state index is -0.188. The van der Waals surface area contributed by atoms with Gasteiger partial charge in [0.25, 0.3) is 5.91 Å². The number of rotatable bonds is 11. The summed E-state index contributed by atoms with van der Waals surface area (Å²) < 4.78 is 11.3. The number of unbranched alkanes of at least 4 members (excludes halogenated alkanes) is 2. The highest BCUT2D eigenvalue weighted by atomic mass is 32.1. The Morgan fingerprint density at radius 3 is 2.62 bits per heavy atom. The Morgan fingerprint density at radius 1 is 1.14 bits per heavy atom. The van der Waals surface area contributed by atoms with E-state index in [-0.39, 0.29) is 17.9 Å². The second kappa shape index (κ2) is 11.5. The molecular formula is C22H30N2O4S. The van der Waals surface area contributed by atoms with Crippen LogP contribution in [-0.2, 0) is 11.3 Å². The summed E-state index contributed by atoms with van der Waals surface area (Å²) >= 11 is 1.37. The zero-order valence-electron chi connectivity index (χ0n) is 17.5. The number of hydrogen-bond acceptors (Lipinski definition) is 5. The van der Waals surface area contributed by atoms with Crippen LogP contribution in [-0.4, -0.2) is 25.5 Å². The number of amides is 2. The zero-order chi connectivity index (χ0) is 21.2. The monoisotopic (exact) mass is 418 g/mol. The van der Waals surface area contributed by atoms with Crippen LogP contribution >= 0.6 is 11.3 Å². The summed E-state index contributed by atoms with van der Waals surface area (Å²) in [5, 5.41) is 5.74. The van der Waals surface area contributed by atoms with Crippen molar-refractivity contribution in [3.05, 3.63) is 45.6 Å². The first-order chi connectivity index (χ1) is 13.9. The maximum Gasteiger partial charge on any atom is 0.261 e. The van der Waals surface area contributed by atoms with E-state index in [4.69, 9.17) is 9.47 Å². The highest BCUT2D eigenvalue weighted by molar-refractivity contribution is 7.14. The van der Waals surface area contributed by atoms with Gasteiger partial charge in [0.05, 0.1) is 31.2 Å². The van der Waals surface area contributed by atoms with Gasteiger partial charge in [-0.15, -0.1) is 11.3 Å². The number of thiophene rings is 1. The lowest BCUT2D eigenvalue weighted by Crippen LogP contribution is -2.25. The van der Waals surface area contributed by atoms with E-state index in [1.165, 1.54) is 18.3 Å². The number of benzene rings is 1. The van der Waals surface area contributed by atoms with Gasteiger partial charge in [-0.2, -0.15) is 0 Å². The molecule has 29 heavy (non-hydrogen) atoms. The van der Waals surface area contributed by atoms with Crippen molar-refractivity contribution in [3.63, 3.8) is 0 Å². The van der Waals surface area contributed by atoms with Crippen molar-refractivity contribution in [2.75, 3.05) is 13.7 Å². The summed E-state index contributed by atoms with van der Waals surface area (Å²) in [6.45, 7) is 6.65. The third kappa shape index (κ3) is 7.09. The Hall–Kier alpha value is -2.54. The van der Waals surface area contributed by atoms with Crippen LogP contribution in [0.15, 0.2) is 30.3 Å². The molecule has 0 fully saturated rings. The summed E-state index contributed by atoms with van der Waals surface area (Å²) in [4.78, 5) is 25.1. The van der Waals surface area contributed by atoms with Gasteiger partial charge in [0.1, 0.15) is 0 Å². The molecule has 2 N–H and O–H groups in total. The van der Waals surface area contributed by atoms with Crippen LogP contribution in [0.3, 0.4) is 0 Å². The molecule has 1 heterocycles. The van der Waals surface area contributed by atoms with Gasteiger partial charge in [-0.3, -0.25) is 9.59 Å². The van der Waals surface area contributed by atoms with Crippen molar-refractivity contribution < 1.29 is 19.1 Å². The smallest absolute Gasteiger partial charge is 0.261 e. The Morgan fingerprint density at radius 2 is 1.93 bits per heavy atom. The Balaban J connectivity index is 1.97. The standard InChI is InChI=1S/C22H30N2O4S/c1-5-6-7-12-28-19-10-8-17(13-20(19)27-4)15(2)24-22(26)21-11-9-18(29-21)14-23-16(3)25/h8-11,13,15H,5-7,12,14H2,1-4H3,(H,23,25)(H,24,26). The van der Waals surface area contributed by atoms with Crippen molar-refractivity contribution in [3.8, 4) is 11.5 Å².